The number of rotatable bonds is 3. The van der Waals surface area contributed by atoms with E-state index < -0.39 is 11.5 Å². The number of benzene rings is 1. The van der Waals surface area contributed by atoms with E-state index in [-0.39, 0.29) is 6.42 Å². The van der Waals surface area contributed by atoms with Crippen molar-refractivity contribution in [2.75, 3.05) is 0 Å². The Morgan fingerprint density at radius 2 is 1.79 bits per heavy atom. The van der Waals surface area contributed by atoms with Gasteiger partial charge in [-0.15, -0.1) is 0 Å². The first-order chi connectivity index (χ1) is 6.54. The number of hydrogen-bond donors (Lipinski definition) is 1. The number of nitrogens with two attached hydrogens (primary N) is 1. The van der Waals surface area contributed by atoms with Crippen LogP contribution in [0.1, 0.15) is 18.4 Å². The fourth-order valence-electron chi connectivity index (χ4n) is 1.64. The maximum Gasteiger partial charge on any atom is 0.267 e. The van der Waals surface area contributed by atoms with E-state index in [1.54, 1.807) is 0 Å². The molecule has 0 spiro atoms. The summed E-state index contributed by atoms with van der Waals surface area (Å²) in [5.41, 5.74) is 5.36. The van der Waals surface area contributed by atoms with Crippen LogP contribution in [0, 0.1) is 0 Å². The van der Waals surface area contributed by atoms with Crippen LogP contribution in [0.15, 0.2) is 30.3 Å². The zero-order valence-corrected chi connectivity index (χ0v) is 7.84. The van der Waals surface area contributed by atoms with Gasteiger partial charge in [0.05, 0.1) is 5.54 Å². The molecule has 1 aromatic rings. The van der Waals surface area contributed by atoms with Crippen LogP contribution in [-0.2, 0) is 6.42 Å². The highest BCUT2D eigenvalue weighted by Crippen LogP contribution is 2.53. The zero-order valence-electron chi connectivity index (χ0n) is 7.84. The van der Waals surface area contributed by atoms with Crippen molar-refractivity contribution in [2.45, 2.75) is 30.7 Å². The summed E-state index contributed by atoms with van der Waals surface area (Å²) in [4.78, 5) is 0. The molecule has 1 fully saturated rings. The number of hydrogen-bond acceptors (Lipinski definition) is 1. The molecule has 2 rings (SSSR count). The average Bonchev–Trinajstić information content (AvgIpc) is 2.65. The van der Waals surface area contributed by atoms with Gasteiger partial charge in [-0.2, -0.15) is 0 Å². The molecule has 2 N–H and O–H groups in total. The normalized spacial score (nSPS) is 28.8. The summed E-state index contributed by atoms with van der Waals surface area (Å²) < 4.78 is 25.5. The van der Waals surface area contributed by atoms with Crippen molar-refractivity contribution in [3.05, 3.63) is 35.9 Å². The maximum absolute atomic E-state index is 12.8. The fourth-order valence-corrected chi connectivity index (χ4v) is 1.64. The first-order valence-electron chi connectivity index (χ1n) is 4.74. The van der Waals surface area contributed by atoms with Crippen LogP contribution in [0.2, 0.25) is 0 Å². The molecule has 76 valence electrons. The Labute approximate surface area is 81.9 Å². The van der Waals surface area contributed by atoms with Crippen LogP contribution in [0.4, 0.5) is 8.78 Å². The van der Waals surface area contributed by atoms with Crippen molar-refractivity contribution in [1.82, 2.24) is 0 Å². The van der Waals surface area contributed by atoms with Gasteiger partial charge in [-0.05, 0) is 18.4 Å². The molecular formula is C11H13F2N. The topological polar surface area (TPSA) is 26.0 Å². The second kappa shape index (κ2) is 3.02. The van der Waals surface area contributed by atoms with E-state index in [0.29, 0.717) is 12.8 Å². The van der Waals surface area contributed by atoms with E-state index in [1.807, 2.05) is 30.3 Å². The standard InChI is InChI=1S/C11H13F2N/c12-11(13)8-10(11,14)7-6-9-4-2-1-3-5-9/h1-5H,6-8,14H2. The molecule has 0 radical (unpaired) electrons. The van der Waals surface area contributed by atoms with E-state index >= 15 is 0 Å². The molecule has 1 aromatic carbocycles. The molecular weight excluding hydrogens is 184 g/mol. The van der Waals surface area contributed by atoms with Gasteiger partial charge in [0.2, 0.25) is 0 Å². The average molecular weight is 197 g/mol. The van der Waals surface area contributed by atoms with Gasteiger partial charge in [0.25, 0.3) is 5.92 Å². The van der Waals surface area contributed by atoms with Crippen molar-refractivity contribution in [3.63, 3.8) is 0 Å². The Kier molecular flexibility index (Phi) is 2.07. The Hall–Kier alpha value is -0.960. The van der Waals surface area contributed by atoms with Gasteiger partial charge in [-0.25, -0.2) is 8.78 Å². The molecule has 1 unspecified atom stereocenters. The molecule has 0 bridgehead atoms. The lowest BCUT2D eigenvalue weighted by molar-refractivity contribution is 0.0873. The van der Waals surface area contributed by atoms with Gasteiger partial charge in [0, 0.05) is 6.42 Å². The van der Waals surface area contributed by atoms with Crippen LogP contribution in [0.3, 0.4) is 0 Å². The van der Waals surface area contributed by atoms with Gasteiger partial charge in [0.15, 0.2) is 0 Å². The smallest absolute Gasteiger partial charge is 0.267 e. The zero-order chi connectivity index (χ0) is 10.2. The minimum absolute atomic E-state index is 0.160. The lowest BCUT2D eigenvalue weighted by atomic mass is 10.0. The third-order valence-corrected chi connectivity index (χ3v) is 2.84. The summed E-state index contributed by atoms with van der Waals surface area (Å²) in [7, 11) is 0. The second-order valence-electron chi connectivity index (χ2n) is 4.02. The van der Waals surface area contributed by atoms with E-state index in [2.05, 4.69) is 0 Å². The van der Waals surface area contributed by atoms with E-state index in [9.17, 15) is 8.78 Å². The van der Waals surface area contributed by atoms with Gasteiger partial charge >= 0.3 is 0 Å². The highest BCUT2D eigenvalue weighted by molar-refractivity contribution is 5.20. The quantitative estimate of drug-likeness (QED) is 0.790. The minimum atomic E-state index is -2.64. The highest BCUT2D eigenvalue weighted by Gasteiger charge is 2.68. The molecule has 0 aliphatic heterocycles. The Balaban J connectivity index is 1.91. The maximum atomic E-state index is 12.8. The van der Waals surface area contributed by atoms with Gasteiger partial charge in [-0.1, -0.05) is 30.3 Å². The first kappa shape index (κ1) is 9.59. The van der Waals surface area contributed by atoms with Crippen molar-refractivity contribution in [2.24, 2.45) is 5.73 Å². The largest absolute Gasteiger partial charge is 0.320 e. The number of halogens is 2. The Morgan fingerprint density at radius 1 is 1.21 bits per heavy atom. The fraction of sp³-hybridized carbons (Fsp3) is 0.455. The number of aryl methyl sites for hydroxylation is 1. The summed E-state index contributed by atoms with van der Waals surface area (Å²) >= 11 is 0. The summed E-state index contributed by atoms with van der Waals surface area (Å²) in [5, 5.41) is 0. The van der Waals surface area contributed by atoms with E-state index in [0.717, 1.165) is 5.56 Å². The molecule has 1 atom stereocenters. The van der Waals surface area contributed by atoms with Crippen LogP contribution >= 0.6 is 0 Å². The summed E-state index contributed by atoms with van der Waals surface area (Å²) in [6, 6.07) is 9.59. The molecule has 1 aliphatic rings. The SMILES string of the molecule is NC1(CCc2ccccc2)CC1(F)F. The monoisotopic (exact) mass is 197 g/mol. The van der Waals surface area contributed by atoms with Crippen molar-refractivity contribution >= 4 is 0 Å². The van der Waals surface area contributed by atoms with Crippen LogP contribution in [0.25, 0.3) is 0 Å². The molecule has 0 heterocycles. The highest BCUT2D eigenvalue weighted by atomic mass is 19.3. The van der Waals surface area contributed by atoms with Crippen LogP contribution < -0.4 is 5.73 Å². The third kappa shape index (κ3) is 1.64. The molecule has 3 heteroatoms. The van der Waals surface area contributed by atoms with Crippen molar-refractivity contribution in [3.8, 4) is 0 Å². The van der Waals surface area contributed by atoms with E-state index in [4.69, 9.17) is 5.73 Å². The van der Waals surface area contributed by atoms with Gasteiger partial charge < -0.3 is 5.73 Å². The number of alkyl halides is 2. The molecule has 0 saturated heterocycles. The third-order valence-electron chi connectivity index (χ3n) is 2.84. The lowest BCUT2D eigenvalue weighted by Crippen LogP contribution is -2.30. The van der Waals surface area contributed by atoms with Crippen LogP contribution in [-0.4, -0.2) is 11.5 Å². The second-order valence-corrected chi connectivity index (χ2v) is 4.02. The lowest BCUT2D eigenvalue weighted by Gasteiger charge is -2.09. The van der Waals surface area contributed by atoms with Gasteiger partial charge in [0.1, 0.15) is 0 Å². The summed E-state index contributed by atoms with van der Waals surface area (Å²) in [6.07, 6.45) is 0.837. The minimum Gasteiger partial charge on any atom is -0.320 e. The molecule has 1 aliphatic carbocycles. The van der Waals surface area contributed by atoms with Crippen LogP contribution in [0.5, 0.6) is 0 Å². The van der Waals surface area contributed by atoms with Crippen molar-refractivity contribution < 1.29 is 8.78 Å². The predicted molar refractivity (Wildman–Crippen MR) is 51.2 cm³/mol. The van der Waals surface area contributed by atoms with Gasteiger partial charge in [-0.3, -0.25) is 0 Å². The molecule has 1 nitrogen and oxygen atoms in total. The van der Waals surface area contributed by atoms with E-state index in [1.165, 1.54) is 0 Å². The Bertz CT molecular complexity index is 323. The predicted octanol–water partition coefficient (Wildman–Crippen LogP) is 2.36. The summed E-state index contributed by atoms with van der Waals surface area (Å²) in [5.74, 6) is -2.64. The summed E-state index contributed by atoms with van der Waals surface area (Å²) in [6.45, 7) is 0. The molecule has 0 amide bonds. The van der Waals surface area contributed by atoms with Crippen molar-refractivity contribution in [1.29, 1.82) is 0 Å². The molecule has 14 heavy (non-hydrogen) atoms. The molecule has 0 aromatic heterocycles. The Morgan fingerprint density at radius 3 is 2.29 bits per heavy atom. The molecule has 1 saturated carbocycles. The first-order valence-corrected chi connectivity index (χ1v) is 4.74.